The summed E-state index contributed by atoms with van der Waals surface area (Å²) in [5, 5.41) is 20.6. The fourth-order valence-electron chi connectivity index (χ4n) is 1.65. The standard InChI is InChI=1S/C14H16N2O4/c1-9(8-15)6-12(14(19)20-2)16-13(18)10-4-3-5-11(17)7-10/h3-5,7,9,12,17H,6H2,1-2H3,(H,16,18)/t9-,12+/m1/s1. The Labute approximate surface area is 117 Å². The van der Waals surface area contributed by atoms with Gasteiger partial charge in [0.05, 0.1) is 13.2 Å². The lowest BCUT2D eigenvalue weighted by Gasteiger charge is -2.17. The normalized spacial score (nSPS) is 12.8. The van der Waals surface area contributed by atoms with Gasteiger partial charge in [0.25, 0.3) is 5.91 Å². The van der Waals surface area contributed by atoms with Crippen molar-refractivity contribution in [2.75, 3.05) is 7.11 Å². The van der Waals surface area contributed by atoms with E-state index in [0.717, 1.165) is 0 Å². The van der Waals surface area contributed by atoms with Crippen molar-refractivity contribution < 1.29 is 19.4 Å². The van der Waals surface area contributed by atoms with E-state index in [1.165, 1.54) is 31.4 Å². The predicted octanol–water partition coefficient (Wildman–Crippen LogP) is 1.21. The molecule has 2 atom stereocenters. The number of amides is 1. The molecule has 1 aromatic rings. The van der Waals surface area contributed by atoms with Crippen molar-refractivity contribution in [3.05, 3.63) is 29.8 Å². The Balaban J connectivity index is 2.81. The average Bonchev–Trinajstić information content (AvgIpc) is 2.45. The fourth-order valence-corrected chi connectivity index (χ4v) is 1.65. The van der Waals surface area contributed by atoms with Crippen LogP contribution >= 0.6 is 0 Å². The number of methoxy groups -OCH3 is 1. The second-order valence-electron chi connectivity index (χ2n) is 4.37. The van der Waals surface area contributed by atoms with Gasteiger partial charge in [0.15, 0.2) is 0 Å². The van der Waals surface area contributed by atoms with Crippen molar-refractivity contribution in [3.63, 3.8) is 0 Å². The Morgan fingerprint density at radius 2 is 2.20 bits per heavy atom. The van der Waals surface area contributed by atoms with E-state index in [1.807, 2.05) is 6.07 Å². The van der Waals surface area contributed by atoms with Gasteiger partial charge in [0.2, 0.25) is 0 Å². The van der Waals surface area contributed by atoms with E-state index in [0.29, 0.717) is 0 Å². The average molecular weight is 276 g/mol. The summed E-state index contributed by atoms with van der Waals surface area (Å²) in [7, 11) is 1.22. The quantitative estimate of drug-likeness (QED) is 0.787. The molecule has 106 valence electrons. The number of ether oxygens (including phenoxy) is 1. The van der Waals surface area contributed by atoms with Crippen LogP contribution in [0.1, 0.15) is 23.7 Å². The summed E-state index contributed by atoms with van der Waals surface area (Å²) in [6.45, 7) is 1.65. The highest BCUT2D eigenvalue weighted by molar-refractivity contribution is 5.97. The Hall–Kier alpha value is -2.55. The summed E-state index contributed by atoms with van der Waals surface area (Å²) in [6.07, 6.45) is 0.160. The predicted molar refractivity (Wildman–Crippen MR) is 70.8 cm³/mol. The fraction of sp³-hybridized carbons (Fsp3) is 0.357. The Morgan fingerprint density at radius 3 is 2.75 bits per heavy atom. The molecule has 6 nitrogen and oxygen atoms in total. The molecule has 0 aliphatic carbocycles. The number of esters is 1. The lowest BCUT2D eigenvalue weighted by molar-refractivity contribution is -0.143. The van der Waals surface area contributed by atoms with Crippen LogP contribution in [0.25, 0.3) is 0 Å². The molecule has 0 aromatic heterocycles. The van der Waals surface area contributed by atoms with E-state index < -0.39 is 23.8 Å². The van der Waals surface area contributed by atoms with Crippen molar-refractivity contribution >= 4 is 11.9 Å². The molecule has 0 aliphatic rings. The second-order valence-corrected chi connectivity index (χ2v) is 4.37. The van der Waals surface area contributed by atoms with Crippen molar-refractivity contribution in [3.8, 4) is 11.8 Å². The van der Waals surface area contributed by atoms with Gasteiger partial charge in [-0.3, -0.25) is 4.79 Å². The van der Waals surface area contributed by atoms with E-state index in [4.69, 9.17) is 5.26 Å². The number of nitrogens with one attached hydrogen (secondary N) is 1. The number of phenolic OH excluding ortho intramolecular Hbond substituents is 1. The van der Waals surface area contributed by atoms with E-state index in [9.17, 15) is 14.7 Å². The SMILES string of the molecule is COC(=O)[C@H](C[C@@H](C)C#N)NC(=O)c1cccc(O)c1. The van der Waals surface area contributed by atoms with Crippen LogP contribution in [-0.2, 0) is 9.53 Å². The van der Waals surface area contributed by atoms with Crippen LogP contribution in [0.3, 0.4) is 0 Å². The third kappa shape index (κ3) is 4.28. The van der Waals surface area contributed by atoms with Crippen LogP contribution in [0.2, 0.25) is 0 Å². The Kier molecular flexibility index (Phi) is 5.54. The maximum absolute atomic E-state index is 12.0. The van der Waals surface area contributed by atoms with Crippen molar-refractivity contribution in [2.24, 2.45) is 5.92 Å². The maximum Gasteiger partial charge on any atom is 0.328 e. The van der Waals surface area contributed by atoms with E-state index >= 15 is 0 Å². The molecule has 0 aliphatic heterocycles. The zero-order chi connectivity index (χ0) is 15.1. The summed E-state index contributed by atoms with van der Waals surface area (Å²) in [4.78, 5) is 23.6. The van der Waals surface area contributed by atoms with Crippen molar-refractivity contribution in [2.45, 2.75) is 19.4 Å². The van der Waals surface area contributed by atoms with Crippen LogP contribution < -0.4 is 5.32 Å². The molecule has 0 saturated heterocycles. The number of aromatic hydroxyl groups is 1. The topological polar surface area (TPSA) is 99.4 Å². The molecule has 2 N–H and O–H groups in total. The zero-order valence-corrected chi connectivity index (χ0v) is 11.3. The Morgan fingerprint density at radius 1 is 1.50 bits per heavy atom. The molecule has 1 amide bonds. The first kappa shape index (κ1) is 15.5. The van der Waals surface area contributed by atoms with Crippen LogP contribution in [0.15, 0.2) is 24.3 Å². The molecule has 20 heavy (non-hydrogen) atoms. The van der Waals surface area contributed by atoms with E-state index in [2.05, 4.69) is 10.1 Å². The van der Waals surface area contributed by atoms with Gasteiger partial charge in [-0.05, 0) is 31.5 Å². The van der Waals surface area contributed by atoms with Gasteiger partial charge in [0.1, 0.15) is 11.8 Å². The van der Waals surface area contributed by atoms with Gasteiger partial charge in [-0.2, -0.15) is 5.26 Å². The third-order valence-corrected chi connectivity index (χ3v) is 2.71. The van der Waals surface area contributed by atoms with Gasteiger partial charge < -0.3 is 15.2 Å². The van der Waals surface area contributed by atoms with Gasteiger partial charge in [-0.1, -0.05) is 6.07 Å². The molecule has 1 aromatic carbocycles. The van der Waals surface area contributed by atoms with Crippen molar-refractivity contribution in [1.82, 2.24) is 5.32 Å². The molecule has 0 spiro atoms. The van der Waals surface area contributed by atoms with E-state index in [-0.39, 0.29) is 17.7 Å². The molecule has 0 heterocycles. The number of phenols is 1. The first-order chi connectivity index (χ1) is 9.47. The Bertz CT molecular complexity index is 536. The number of hydrogen-bond acceptors (Lipinski definition) is 5. The highest BCUT2D eigenvalue weighted by Crippen LogP contribution is 2.12. The third-order valence-electron chi connectivity index (χ3n) is 2.71. The molecule has 1 rings (SSSR count). The van der Waals surface area contributed by atoms with Gasteiger partial charge >= 0.3 is 5.97 Å². The van der Waals surface area contributed by atoms with Crippen LogP contribution in [0.5, 0.6) is 5.75 Å². The molecule has 0 bridgehead atoms. The minimum atomic E-state index is -0.899. The monoisotopic (exact) mass is 276 g/mol. The molecular weight excluding hydrogens is 260 g/mol. The number of nitriles is 1. The van der Waals surface area contributed by atoms with Crippen molar-refractivity contribution in [1.29, 1.82) is 5.26 Å². The first-order valence-electron chi connectivity index (χ1n) is 6.05. The van der Waals surface area contributed by atoms with Gasteiger partial charge in [-0.15, -0.1) is 0 Å². The molecule has 0 unspecified atom stereocenters. The molecular formula is C14H16N2O4. The highest BCUT2D eigenvalue weighted by atomic mass is 16.5. The van der Waals surface area contributed by atoms with Gasteiger partial charge in [0, 0.05) is 11.5 Å². The lowest BCUT2D eigenvalue weighted by Crippen LogP contribution is -2.42. The lowest BCUT2D eigenvalue weighted by atomic mass is 10.0. The number of carbonyl (C=O) groups excluding carboxylic acids is 2. The van der Waals surface area contributed by atoms with Crippen LogP contribution in [-0.4, -0.2) is 30.1 Å². The van der Waals surface area contributed by atoms with Gasteiger partial charge in [-0.25, -0.2) is 4.79 Å². The minimum absolute atomic E-state index is 0.0438. The largest absolute Gasteiger partial charge is 0.508 e. The molecule has 6 heteroatoms. The summed E-state index contributed by atoms with van der Waals surface area (Å²) in [5.41, 5.74) is 0.225. The zero-order valence-electron chi connectivity index (χ0n) is 11.3. The number of carbonyl (C=O) groups is 2. The molecule has 0 saturated carbocycles. The summed E-state index contributed by atoms with van der Waals surface area (Å²) >= 11 is 0. The van der Waals surface area contributed by atoms with Crippen LogP contribution in [0, 0.1) is 17.2 Å². The van der Waals surface area contributed by atoms with Crippen LogP contribution in [0.4, 0.5) is 0 Å². The molecule has 0 radical (unpaired) electrons. The number of benzene rings is 1. The second kappa shape index (κ2) is 7.14. The summed E-state index contributed by atoms with van der Waals surface area (Å²) in [5.74, 6) is -1.57. The number of nitrogens with zero attached hydrogens (tertiary/aromatic N) is 1. The number of hydrogen-bond donors (Lipinski definition) is 2. The van der Waals surface area contributed by atoms with E-state index in [1.54, 1.807) is 6.92 Å². The smallest absolute Gasteiger partial charge is 0.328 e. The highest BCUT2D eigenvalue weighted by Gasteiger charge is 2.24. The number of rotatable bonds is 5. The maximum atomic E-state index is 12.0. The first-order valence-corrected chi connectivity index (χ1v) is 6.05. The molecule has 0 fully saturated rings. The minimum Gasteiger partial charge on any atom is -0.508 e. The summed E-state index contributed by atoms with van der Waals surface area (Å²) < 4.78 is 4.61. The summed E-state index contributed by atoms with van der Waals surface area (Å²) in [6, 6.07) is 6.86.